The van der Waals surface area contributed by atoms with E-state index in [-0.39, 0.29) is 30.5 Å². The van der Waals surface area contributed by atoms with Crippen molar-refractivity contribution in [1.82, 2.24) is 4.90 Å². The van der Waals surface area contributed by atoms with Gasteiger partial charge in [0.2, 0.25) is 5.91 Å². The van der Waals surface area contributed by atoms with Gasteiger partial charge < -0.3 is 9.64 Å². The molecule has 1 rings (SSSR count). The van der Waals surface area contributed by atoms with Crippen molar-refractivity contribution in [3.63, 3.8) is 0 Å². The van der Waals surface area contributed by atoms with Gasteiger partial charge in [0.15, 0.2) is 0 Å². The second-order valence-electron chi connectivity index (χ2n) is 5.59. The molecule has 0 spiro atoms. The largest absolute Gasteiger partial charge is 0.466 e. The summed E-state index contributed by atoms with van der Waals surface area (Å²) in [5, 5.41) is 0. The van der Waals surface area contributed by atoms with E-state index in [4.69, 9.17) is 4.74 Å². The summed E-state index contributed by atoms with van der Waals surface area (Å²) in [6.45, 7) is 7.05. The molecule has 0 saturated heterocycles. The Balaban J connectivity index is 2.63. The van der Waals surface area contributed by atoms with Crippen LogP contribution in [-0.2, 0) is 20.7 Å². The third-order valence-electron chi connectivity index (χ3n) is 3.10. The predicted octanol–water partition coefficient (Wildman–Crippen LogP) is 2.81. The molecule has 0 bridgehead atoms. The van der Waals surface area contributed by atoms with Gasteiger partial charge in [-0.15, -0.1) is 0 Å². The summed E-state index contributed by atoms with van der Waals surface area (Å²) in [6.07, 6.45) is 0.394. The van der Waals surface area contributed by atoms with Gasteiger partial charge in [-0.3, -0.25) is 9.59 Å². The van der Waals surface area contributed by atoms with Gasteiger partial charge in [-0.25, -0.2) is 4.39 Å². The molecule has 0 aliphatic rings. The van der Waals surface area contributed by atoms with Gasteiger partial charge >= 0.3 is 5.97 Å². The summed E-state index contributed by atoms with van der Waals surface area (Å²) in [6, 6.07) is 5.89. The second-order valence-corrected chi connectivity index (χ2v) is 5.59. The molecule has 0 fully saturated rings. The Morgan fingerprint density at radius 3 is 2.41 bits per heavy atom. The highest BCUT2D eigenvalue weighted by Gasteiger charge is 2.17. The van der Waals surface area contributed by atoms with Crippen LogP contribution < -0.4 is 0 Å². The molecule has 0 aromatic heterocycles. The zero-order valence-corrected chi connectivity index (χ0v) is 13.5. The number of benzene rings is 1. The molecule has 122 valence electrons. The van der Waals surface area contributed by atoms with E-state index in [9.17, 15) is 14.0 Å². The SMILES string of the molecule is CCOC(=O)CCN(CC(C)C)C(=O)Cc1ccc(F)cc1. The number of nitrogens with zero attached hydrogens (tertiary/aromatic N) is 1. The van der Waals surface area contributed by atoms with Crippen molar-refractivity contribution in [3.05, 3.63) is 35.6 Å². The molecular formula is C17H24FNO3. The minimum atomic E-state index is -0.322. The summed E-state index contributed by atoms with van der Waals surface area (Å²) in [4.78, 5) is 25.5. The van der Waals surface area contributed by atoms with Gasteiger partial charge in [0.1, 0.15) is 5.82 Å². The Kier molecular flexibility index (Phi) is 7.57. The average Bonchev–Trinajstić information content (AvgIpc) is 2.45. The van der Waals surface area contributed by atoms with Crippen LogP contribution in [0, 0.1) is 11.7 Å². The van der Waals surface area contributed by atoms with E-state index in [2.05, 4.69) is 0 Å². The van der Waals surface area contributed by atoms with E-state index in [1.165, 1.54) is 12.1 Å². The maximum atomic E-state index is 12.9. The van der Waals surface area contributed by atoms with Crippen LogP contribution in [0.2, 0.25) is 0 Å². The lowest BCUT2D eigenvalue weighted by Gasteiger charge is -2.24. The number of carbonyl (C=O) groups excluding carboxylic acids is 2. The Morgan fingerprint density at radius 1 is 1.23 bits per heavy atom. The smallest absolute Gasteiger partial charge is 0.307 e. The first-order chi connectivity index (χ1) is 10.4. The molecule has 4 nitrogen and oxygen atoms in total. The molecule has 0 saturated carbocycles. The number of rotatable bonds is 8. The van der Waals surface area contributed by atoms with Gasteiger partial charge in [-0.1, -0.05) is 26.0 Å². The number of amides is 1. The zero-order valence-electron chi connectivity index (χ0n) is 13.5. The van der Waals surface area contributed by atoms with E-state index in [0.29, 0.717) is 25.6 Å². The van der Waals surface area contributed by atoms with Crippen molar-refractivity contribution < 1.29 is 18.7 Å². The lowest BCUT2D eigenvalue weighted by atomic mass is 10.1. The molecule has 5 heteroatoms. The predicted molar refractivity (Wildman–Crippen MR) is 82.8 cm³/mol. The normalized spacial score (nSPS) is 10.6. The third kappa shape index (κ3) is 6.70. The van der Waals surface area contributed by atoms with Gasteiger partial charge in [-0.05, 0) is 30.5 Å². The number of hydrogen-bond acceptors (Lipinski definition) is 3. The standard InChI is InChI=1S/C17H24FNO3/c1-4-22-17(21)9-10-19(12-13(2)3)16(20)11-14-5-7-15(18)8-6-14/h5-8,13H,4,9-12H2,1-3H3. The van der Waals surface area contributed by atoms with E-state index < -0.39 is 0 Å². The summed E-state index contributed by atoms with van der Waals surface area (Å²) >= 11 is 0. The molecule has 0 N–H and O–H groups in total. The molecule has 1 aromatic rings. The molecule has 0 aliphatic heterocycles. The van der Waals surface area contributed by atoms with E-state index in [1.807, 2.05) is 13.8 Å². The van der Waals surface area contributed by atoms with Crippen LogP contribution in [0.1, 0.15) is 32.8 Å². The maximum Gasteiger partial charge on any atom is 0.307 e. The van der Waals surface area contributed by atoms with Crippen molar-refractivity contribution >= 4 is 11.9 Å². The van der Waals surface area contributed by atoms with Crippen molar-refractivity contribution in [2.75, 3.05) is 19.7 Å². The molecule has 0 heterocycles. The second kappa shape index (κ2) is 9.18. The van der Waals surface area contributed by atoms with Crippen LogP contribution in [0.15, 0.2) is 24.3 Å². The first-order valence-corrected chi connectivity index (χ1v) is 7.60. The monoisotopic (exact) mass is 309 g/mol. The Hall–Kier alpha value is -1.91. The van der Waals surface area contributed by atoms with Gasteiger partial charge in [0.05, 0.1) is 19.4 Å². The topological polar surface area (TPSA) is 46.6 Å². The Bertz CT molecular complexity index is 485. The summed E-state index contributed by atoms with van der Waals surface area (Å²) < 4.78 is 17.8. The lowest BCUT2D eigenvalue weighted by Crippen LogP contribution is -2.37. The molecule has 1 aromatic carbocycles. The quantitative estimate of drug-likeness (QED) is 0.694. The first-order valence-electron chi connectivity index (χ1n) is 7.60. The highest BCUT2D eigenvalue weighted by molar-refractivity contribution is 5.79. The molecule has 22 heavy (non-hydrogen) atoms. The van der Waals surface area contributed by atoms with Crippen LogP contribution in [0.4, 0.5) is 4.39 Å². The maximum absolute atomic E-state index is 12.9. The van der Waals surface area contributed by atoms with Crippen LogP contribution in [0.25, 0.3) is 0 Å². The van der Waals surface area contributed by atoms with Gasteiger partial charge in [0, 0.05) is 13.1 Å². The number of ether oxygens (including phenoxy) is 1. The van der Waals surface area contributed by atoms with Crippen LogP contribution >= 0.6 is 0 Å². The van der Waals surface area contributed by atoms with Crippen LogP contribution in [0.3, 0.4) is 0 Å². The van der Waals surface area contributed by atoms with Crippen LogP contribution in [-0.4, -0.2) is 36.5 Å². The minimum Gasteiger partial charge on any atom is -0.466 e. The van der Waals surface area contributed by atoms with E-state index in [0.717, 1.165) is 5.56 Å². The van der Waals surface area contributed by atoms with Crippen molar-refractivity contribution in [1.29, 1.82) is 0 Å². The van der Waals surface area contributed by atoms with Crippen molar-refractivity contribution in [2.45, 2.75) is 33.6 Å². The fourth-order valence-electron chi connectivity index (χ4n) is 2.11. The van der Waals surface area contributed by atoms with E-state index in [1.54, 1.807) is 24.0 Å². The number of hydrogen-bond donors (Lipinski definition) is 0. The highest BCUT2D eigenvalue weighted by Crippen LogP contribution is 2.08. The van der Waals surface area contributed by atoms with Crippen LogP contribution in [0.5, 0.6) is 0 Å². The number of halogens is 1. The van der Waals surface area contributed by atoms with Crippen molar-refractivity contribution in [2.24, 2.45) is 5.92 Å². The molecule has 0 atom stereocenters. The first kappa shape index (κ1) is 18.1. The summed E-state index contributed by atoms with van der Waals surface area (Å²) in [5.74, 6) is -0.382. The molecule has 1 amide bonds. The minimum absolute atomic E-state index is 0.0652. The van der Waals surface area contributed by atoms with Crippen molar-refractivity contribution in [3.8, 4) is 0 Å². The summed E-state index contributed by atoms with van der Waals surface area (Å²) in [5.41, 5.74) is 0.760. The van der Waals surface area contributed by atoms with Gasteiger partial charge in [-0.2, -0.15) is 0 Å². The summed E-state index contributed by atoms with van der Waals surface area (Å²) in [7, 11) is 0. The number of carbonyl (C=O) groups is 2. The zero-order chi connectivity index (χ0) is 16.5. The molecule has 0 aliphatic carbocycles. The molecule has 0 unspecified atom stereocenters. The van der Waals surface area contributed by atoms with E-state index >= 15 is 0 Å². The Morgan fingerprint density at radius 2 is 1.86 bits per heavy atom. The Labute approximate surface area is 131 Å². The van der Waals surface area contributed by atoms with Gasteiger partial charge in [0.25, 0.3) is 0 Å². The third-order valence-corrected chi connectivity index (χ3v) is 3.10. The lowest BCUT2D eigenvalue weighted by molar-refractivity contribution is -0.144. The highest BCUT2D eigenvalue weighted by atomic mass is 19.1. The number of esters is 1. The fraction of sp³-hybridized carbons (Fsp3) is 0.529. The molecular weight excluding hydrogens is 285 g/mol. The average molecular weight is 309 g/mol. The fourth-order valence-corrected chi connectivity index (χ4v) is 2.11. The molecule has 0 radical (unpaired) electrons.